The van der Waals surface area contributed by atoms with Crippen molar-refractivity contribution in [3.8, 4) is 0 Å². The molecule has 1 aliphatic rings. The Morgan fingerprint density at radius 3 is 2.82 bits per heavy atom. The Morgan fingerprint density at radius 2 is 2.18 bits per heavy atom. The largest absolute Gasteiger partial charge is 0.299 e. The molecular weight excluding hydrogens is 303 g/mol. The van der Waals surface area contributed by atoms with E-state index in [0.717, 1.165) is 18.2 Å². The van der Waals surface area contributed by atoms with Crippen LogP contribution in [0.25, 0.3) is 0 Å². The molecular formula is C16H19FN2O2S. The molecule has 0 spiro atoms. The van der Waals surface area contributed by atoms with Gasteiger partial charge in [0.05, 0.1) is 11.0 Å². The summed E-state index contributed by atoms with van der Waals surface area (Å²) >= 11 is 1.11. The number of carbonyl (C=O) groups is 2. The van der Waals surface area contributed by atoms with Crippen molar-refractivity contribution >= 4 is 28.5 Å². The number of thioether (sulfide) groups is 1. The minimum absolute atomic E-state index is 0.100. The molecule has 1 heterocycles. The fourth-order valence-corrected chi connectivity index (χ4v) is 3.11. The molecule has 2 rings (SSSR count). The quantitative estimate of drug-likeness (QED) is 0.901. The molecule has 0 bridgehead atoms. The van der Waals surface area contributed by atoms with Crippen molar-refractivity contribution in [3.63, 3.8) is 0 Å². The van der Waals surface area contributed by atoms with Crippen LogP contribution < -0.4 is 5.43 Å². The molecule has 0 saturated heterocycles. The van der Waals surface area contributed by atoms with Gasteiger partial charge in [-0.3, -0.25) is 9.59 Å². The molecule has 118 valence electrons. The van der Waals surface area contributed by atoms with Crippen molar-refractivity contribution in [2.75, 3.05) is 0 Å². The first-order chi connectivity index (χ1) is 10.4. The van der Waals surface area contributed by atoms with Gasteiger partial charge in [0.25, 0.3) is 5.24 Å². The number of hydrogen-bond acceptors (Lipinski definition) is 4. The van der Waals surface area contributed by atoms with Crippen molar-refractivity contribution in [2.45, 2.75) is 45.3 Å². The Bertz CT molecular complexity index is 643. The van der Waals surface area contributed by atoms with Crippen molar-refractivity contribution in [3.05, 3.63) is 34.6 Å². The lowest BCUT2D eigenvalue weighted by atomic mass is 9.96. The number of nitrogens with one attached hydrogen (secondary N) is 1. The zero-order chi connectivity index (χ0) is 16.3. The molecule has 0 radical (unpaired) electrons. The number of Topliss-reactive ketones (excluding diaryl/α,β-unsaturated/α-hetero) is 1. The first kappa shape index (κ1) is 16.7. The Hall–Kier alpha value is -1.69. The second kappa shape index (κ2) is 7.05. The van der Waals surface area contributed by atoms with Gasteiger partial charge in [0.2, 0.25) is 0 Å². The third-order valence-corrected chi connectivity index (χ3v) is 4.48. The van der Waals surface area contributed by atoms with Crippen molar-refractivity contribution in [1.82, 2.24) is 5.43 Å². The summed E-state index contributed by atoms with van der Waals surface area (Å²) < 4.78 is 14.2. The predicted octanol–water partition coefficient (Wildman–Crippen LogP) is 3.59. The van der Waals surface area contributed by atoms with E-state index in [-0.39, 0.29) is 28.5 Å². The minimum atomic E-state index is -0.353. The number of hydrogen-bond donors (Lipinski definition) is 1. The molecule has 4 nitrogen and oxygen atoms in total. The van der Waals surface area contributed by atoms with E-state index in [0.29, 0.717) is 28.8 Å². The molecule has 1 N–H and O–H groups in total. The van der Waals surface area contributed by atoms with Crippen molar-refractivity contribution < 1.29 is 14.0 Å². The van der Waals surface area contributed by atoms with Crippen LogP contribution >= 0.6 is 11.8 Å². The minimum Gasteiger partial charge on any atom is -0.299 e. The molecule has 0 fully saturated rings. The molecule has 1 aromatic carbocycles. The summed E-state index contributed by atoms with van der Waals surface area (Å²) in [5.41, 5.74) is 4.81. The monoisotopic (exact) mass is 322 g/mol. The van der Waals surface area contributed by atoms with Crippen molar-refractivity contribution in [1.29, 1.82) is 0 Å². The van der Waals surface area contributed by atoms with Gasteiger partial charge in [-0.25, -0.2) is 9.82 Å². The predicted molar refractivity (Wildman–Crippen MR) is 86.9 cm³/mol. The fraction of sp³-hybridized carbons (Fsp3) is 0.438. The second-order valence-electron chi connectivity index (χ2n) is 5.36. The highest BCUT2D eigenvalue weighted by Gasteiger charge is 2.24. The number of ketones is 1. The van der Waals surface area contributed by atoms with Gasteiger partial charge in [-0.1, -0.05) is 18.7 Å². The highest BCUT2D eigenvalue weighted by Crippen LogP contribution is 2.24. The van der Waals surface area contributed by atoms with Gasteiger partial charge in [-0.05, 0) is 43.5 Å². The zero-order valence-corrected chi connectivity index (χ0v) is 13.7. The van der Waals surface area contributed by atoms with E-state index < -0.39 is 0 Å². The average Bonchev–Trinajstić information content (AvgIpc) is 2.44. The van der Waals surface area contributed by atoms with E-state index in [2.05, 4.69) is 10.5 Å². The van der Waals surface area contributed by atoms with Crippen molar-refractivity contribution in [2.24, 2.45) is 5.10 Å². The maximum Gasteiger partial charge on any atom is 0.299 e. The summed E-state index contributed by atoms with van der Waals surface area (Å²) in [6, 6.07) is 3.22. The van der Waals surface area contributed by atoms with Gasteiger partial charge in [-0.2, -0.15) is 5.10 Å². The summed E-state index contributed by atoms with van der Waals surface area (Å²) in [4.78, 5) is 23.1. The van der Waals surface area contributed by atoms with Gasteiger partial charge >= 0.3 is 0 Å². The van der Waals surface area contributed by atoms with E-state index >= 15 is 0 Å². The van der Waals surface area contributed by atoms with Crippen LogP contribution in [-0.2, 0) is 11.2 Å². The van der Waals surface area contributed by atoms with Crippen LogP contribution in [0.1, 0.15) is 43.4 Å². The summed E-state index contributed by atoms with van der Waals surface area (Å²) in [6.07, 6.45) is 1.51. The standard InChI is InChI=1S/C16H19FN2O2S/c1-4-5-13(20)7-11-6-12(8-14(17)9(11)2)15-10(3)22-16(21)19-18-15/h6,8,10H,4-5,7H2,1-3H3,(H,19,21). The number of benzene rings is 1. The molecule has 1 aliphatic heterocycles. The Labute approximate surface area is 133 Å². The number of halogens is 1. The molecule has 6 heteroatoms. The van der Waals surface area contributed by atoms with Crippen LogP contribution in [0.5, 0.6) is 0 Å². The zero-order valence-electron chi connectivity index (χ0n) is 12.9. The third kappa shape index (κ3) is 3.74. The van der Waals surface area contributed by atoms with Crippen LogP contribution in [0.3, 0.4) is 0 Å². The lowest BCUT2D eigenvalue weighted by Gasteiger charge is -2.19. The maximum absolute atomic E-state index is 14.2. The van der Waals surface area contributed by atoms with Gasteiger partial charge < -0.3 is 0 Å². The van der Waals surface area contributed by atoms with Crippen LogP contribution in [0, 0.1) is 12.7 Å². The molecule has 0 aliphatic carbocycles. The fourth-order valence-electron chi connectivity index (χ4n) is 2.39. The van der Waals surface area contributed by atoms with E-state index in [9.17, 15) is 14.0 Å². The van der Waals surface area contributed by atoms with Gasteiger partial charge in [0, 0.05) is 18.4 Å². The lowest BCUT2D eigenvalue weighted by Crippen LogP contribution is -2.30. The molecule has 1 amide bonds. The van der Waals surface area contributed by atoms with E-state index in [1.54, 1.807) is 13.0 Å². The number of amides is 1. The smallest absolute Gasteiger partial charge is 0.299 e. The van der Waals surface area contributed by atoms with E-state index in [1.165, 1.54) is 6.07 Å². The summed E-state index contributed by atoms with van der Waals surface area (Å²) in [6.45, 7) is 5.47. The Morgan fingerprint density at radius 1 is 1.45 bits per heavy atom. The van der Waals surface area contributed by atoms with Gasteiger partial charge in [-0.15, -0.1) is 0 Å². The van der Waals surface area contributed by atoms with Crippen LogP contribution in [-0.4, -0.2) is 22.0 Å². The van der Waals surface area contributed by atoms with Gasteiger partial charge in [0.1, 0.15) is 11.6 Å². The maximum atomic E-state index is 14.2. The lowest BCUT2D eigenvalue weighted by molar-refractivity contribution is -0.118. The van der Waals surface area contributed by atoms with Crippen LogP contribution in [0.2, 0.25) is 0 Å². The average molecular weight is 322 g/mol. The highest BCUT2D eigenvalue weighted by molar-refractivity contribution is 8.14. The number of nitrogens with zero attached hydrogens (tertiary/aromatic N) is 1. The number of rotatable bonds is 5. The van der Waals surface area contributed by atoms with E-state index in [1.807, 2.05) is 13.8 Å². The Balaban J connectivity index is 2.36. The molecule has 1 aromatic rings. The Kier molecular flexibility index (Phi) is 5.34. The third-order valence-electron chi connectivity index (χ3n) is 3.60. The molecule has 1 unspecified atom stereocenters. The first-order valence-electron chi connectivity index (χ1n) is 7.27. The summed E-state index contributed by atoms with van der Waals surface area (Å²) in [7, 11) is 0. The molecule has 0 saturated carbocycles. The molecule has 0 aromatic heterocycles. The van der Waals surface area contributed by atoms with Crippen LogP contribution in [0.15, 0.2) is 17.2 Å². The normalized spacial score (nSPS) is 17.9. The van der Waals surface area contributed by atoms with Gasteiger partial charge in [0.15, 0.2) is 0 Å². The molecule has 22 heavy (non-hydrogen) atoms. The summed E-state index contributed by atoms with van der Waals surface area (Å²) in [5, 5.41) is 3.66. The first-order valence-corrected chi connectivity index (χ1v) is 8.15. The summed E-state index contributed by atoms with van der Waals surface area (Å²) in [5.74, 6) is -0.253. The highest BCUT2D eigenvalue weighted by atomic mass is 32.2. The van der Waals surface area contributed by atoms with Crippen LogP contribution in [0.4, 0.5) is 9.18 Å². The topological polar surface area (TPSA) is 58.5 Å². The number of hydrazone groups is 1. The van der Waals surface area contributed by atoms with E-state index in [4.69, 9.17) is 0 Å². The molecule has 1 atom stereocenters. The second-order valence-corrected chi connectivity index (χ2v) is 6.68. The number of carbonyl (C=O) groups excluding carboxylic acids is 2. The SMILES string of the molecule is CCCC(=O)Cc1cc(C2=NNC(=O)SC2C)cc(F)c1C.